The Morgan fingerprint density at radius 3 is 2.28 bits per heavy atom. The van der Waals surface area contributed by atoms with Gasteiger partial charge in [0.25, 0.3) is 0 Å². The molecule has 1 aromatic rings. The summed E-state index contributed by atoms with van der Waals surface area (Å²) in [4.78, 5) is 12.1. The molecule has 18 heavy (non-hydrogen) atoms. The summed E-state index contributed by atoms with van der Waals surface area (Å²) in [5, 5.41) is 0. The molecule has 0 spiro atoms. The number of rotatable bonds is 3. The number of ketones is 1. The molecule has 1 unspecified atom stereocenters. The Balaban J connectivity index is 2.54. The second-order valence-electron chi connectivity index (χ2n) is 5.09. The molecule has 0 aliphatic heterocycles. The number of benzene rings is 1. The molecule has 98 valence electrons. The van der Waals surface area contributed by atoms with E-state index >= 15 is 0 Å². The maximum Gasteiger partial charge on any atom is 0.161 e. The minimum Gasteiger partial charge on any atom is -0.493 e. The lowest BCUT2D eigenvalue weighted by atomic mass is 9.76. The number of carbonyl (C=O) groups excluding carboxylic acids is 1. The molecule has 0 aromatic heterocycles. The molecule has 0 saturated carbocycles. The second kappa shape index (κ2) is 5.01. The summed E-state index contributed by atoms with van der Waals surface area (Å²) in [5.74, 6) is 2.10. The van der Waals surface area contributed by atoms with Gasteiger partial charge in [-0.1, -0.05) is 13.8 Å². The first kappa shape index (κ1) is 12.9. The van der Waals surface area contributed by atoms with E-state index in [0.29, 0.717) is 23.9 Å². The average molecular weight is 248 g/mol. The fraction of sp³-hybridized carbons (Fsp3) is 0.533. The highest BCUT2D eigenvalue weighted by atomic mass is 16.5. The largest absolute Gasteiger partial charge is 0.493 e. The topological polar surface area (TPSA) is 35.5 Å². The zero-order chi connectivity index (χ0) is 13.3. The number of hydrogen-bond acceptors (Lipinski definition) is 3. The van der Waals surface area contributed by atoms with Gasteiger partial charge in [0.1, 0.15) is 5.78 Å². The van der Waals surface area contributed by atoms with E-state index in [4.69, 9.17) is 9.47 Å². The van der Waals surface area contributed by atoms with E-state index in [0.717, 1.165) is 17.7 Å². The highest BCUT2D eigenvalue weighted by molar-refractivity contribution is 5.88. The maximum atomic E-state index is 12.1. The van der Waals surface area contributed by atoms with Crippen molar-refractivity contribution in [1.82, 2.24) is 0 Å². The van der Waals surface area contributed by atoms with Crippen molar-refractivity contribution in [2.45, 2.75) is 32.6 Å². The van der Waals surface area contributed by atoms with Crippen LogP contribution in [0.2, 0.25) is 0 Å². The van der Waals surface area contributed by atoms with Crippen molar-refractivity contribution in [3.8, 4) is 11.5 Å². The van der Waals surface area contributed by atoms with Crippen LogP contribution in [0.3, 0.4) is 0 Å². The molecule has 0 bridgehead atoms. The first-order valence-corrected chi connectivity index (χ1v) is 6.36. The van der Waals surface area contributed by atoms with E-state index in [1.165, 1.54) is 5.56 Å². The average Bonchev–Trinajstić information content (AvgIpc) is 2.36. The van der Waals surface area contributed by atoms with Gasteiger partial charge in [0, 0.05) is 12.3 Å². The van der Waals surface area contributed by atoms with Crippen LogP contribution in [-0.4, -0.2) is 20.0 Å². The molecule has 1 aromatic carbocycles. The lowest BCUT2D eigenvalue weighted by Gasteiger charge is -2.28. The van der Waals surface area contributed by atoms with Crippen molar-refractivity contribution in [1.29, 1.82) is 0 Å². The van der Waals surface area contributed by atoms with Gasteiger partial charge in [-0.25, -0.2) is 0 Å². The minimum absolute atomic E-state index is 0.00597. The molecule has 1 atom stereocenters. The van der Waals surface area contributed by atoms with Gasteiger partial charge in [-0.2, -0.15) is 0 Å². The van der Waals surface area contributed by atoms with Gasteiger partial charge in [0.15, 0.2) is 11.5 Å². The van der Waals surface area contributed by atoms with Gasteiger partial charge in [-0.3, -0.25) is 4.79 Å². The first-order chi connectivity index (χ1) is 8.58. The summed E-state index contributed by atoms with van der Waals surface area (Å²) in [7, 11) is 3.26. The molecule has 3 heteroatoms. The quantitative estimate of drug-likeness (QED) is 0.825. The minimum atomic E-state index is -0.00597. The van der Waals surface area contributed by atoms with Gasteiger partial charge in [0.2, 0.25) is 0 Å². The molecule has 0 fully saturated rings. The summed E-state index contributed by atoms with van der Waals surface area (Å²) in [6.07, 6.45) is 1.43. The molecule has 0 amide bonds. The zero-order valence-corrected chi connectivity index (χ0v) is 11.4. The van der Waals surface area contributed by atoms with E-state index in [1.807, 2.05) is 12.1 Å². The lowest BCUT2D eigenvalue weighted by Crippen LogP contribution is -2.24. The van der Waals surface area contributed by atoms with Crippen LogP contribution in [0.4, 0.5) is 0 Å². The molecule has 1 aliphatic rings. The molecule has 2 rings (SSSR count). The summed E-state index contributed by atoms with van der Waals surface area (Å²) < 4.78 is 10.6. The fourth-order valence-corrected chi connectivity index (χ4v) is 2.76. The maximum absolute atomic E-state index is 12.1. The van der Waals surface area contributed by atoms with Gasteiger partial charge >= 0.3 is 0 Å². The number of carbonyl (C=O) groups is 1. The standard InChI is InChI=1S/C15H20O3/c1-9(2)15-11-8-14(18-4)13(17-3)7-10(11)5-6-12(15)16/h7-9,15H,5-6H2,1-4H3. The SMILES string of the molecule is COc1cc2c(cc1OC)C(C(C)C)C(=O)CC2. The lowest BCUT2D eigenvalue weighted by molar-refractivity contribution is -0.121. The smallest absolute Gasteiger partial charge is 0.161 e. The summed E-state index contributed by atoms with van der Waals surface area (Å²) in [6.45, 7) is 4.18. The zero-order valence-electron chi connectivity index (χ0n) is 11.4. The van der Waals surface area contributed by atoms with Gasteiger partial charge in [-0.15, -0.1) is 0 Å². The molecule has 3 nitrogen and oxygen atoms in total. The van der Waals surface area contributed by atoms with Gasteiger partial charge in [0.05, 0.1) is 14.2 Å². The van der Waals surface area contributed by atoms with Gasteiger partial charge in [-0.05, 0) is 35.6 Å². The van der Waals surface area contributed by atoms with E-state index in [-0.39, 0.29) is 5.92 Å². The van der Waals surface area contributed by atoms with Crippen LogP contribution in [0, 0.1) is 5.92 Å². The summed E-state index contributed by atoms with van der Waals surface area (Å²) in [5.41, 5.74) is 2.32. The van der Waals surface area contributed by atoms with Crippen molar-refractivity contribution < 1.29 is 14.3 Å². The van der Waals surface area contributed by atoms with Crippen LogP contribution in [0.1, 0.15) is 37.3 Å². The number of ether oxygens (including phenoxy) is 2. The third kappa shape index (κ3) is 2.09. The molecule has 0 radical (unpaired) electrons. The van der Waals surface area contributed by atoms with Crippen LogP contribution >= 0.6 is 0 Å². The molecule has 0 heterocycles. The van der Waals surface area contributed by atoms with Crippen molar-refractivity contribution in [3.05, 3.63) is 23.3 Å². The Morgan fingerprint density at radius 2 is 1.72 bits per heavy atom. The molecular formula is C15H20O3. The number of Topliss-reactive ketones (excluding diaryl/α,β-unsaturated/α-hetero) is 1. The number of fused-ring (bicyclic) bond motifs is 1. The highest BCUT2D eigenvalue weighted by Gasteiger charge is 2.31. The molecular weight excluding hydrogens is 228 g/mol. The highest BCUT2D eigenvalue weighted by Crippen LogP contribution is 2.40. The van der Waals surface area contributed by atoms with Crippen LogP contribution < -0.4 is 9.47 Å². The van der Waals surface area contributed by atoms with Crippen molar-refractivity contribution in [2.75, 3.05) is 14.2 Å². The van der Waals surface area contributed by atoms with Gasteiger partial charge < -0.3 is 9.47 Å². The predicted octanol–water partition coefficient (Wildman–Crippen LogP) is 2.96. The van der Waals surface area contributed by atoms with Crippen molar-refractivity contribution in [3.63, 3.8) is 0 Å². The molecule has 0 N–H and O–H groups in total. The van der Waals surface area contributed by atoms with Crippen molar-refractivity contribution >= 4 is 5.78 Å². The Bertz CT molecular complexity index is 463. The normalized spacial score (nSPS) is 18.7. The Kier molecular flexibility index (Phi) is 3.60. The number of methoxy groups -OCH3 is 2. The molecule has 0 saturated heterocycles. The predicted molar refractivity (Wildman–Crippen MR) is 70.5 cm³/mol. The summed E-state index contributed by atoms with van der Waals surface area (Å²) in [6, 6.07) is 3.98. The second-order valence-corrected chi connectivity index (χ2v) is 5.09. The Morgan fingerprint density at radius 1 is 1.11 bits per heavy atom. The number of hydrogen-bond donors (Lipinski definition) is 0. The Hall–Kier alpha value is -1.51. The van der Waals surface area contributed by atoms with E-state index < -0.39 is 0 Å². The molecule has 1 aliphatic carbocycles. The first-order valence-electron chi connectivity index (χ1n) is 6.36. The van der Waals surface area contributed by atoms with Crippen LogP contribution in [0.15, 0.2) is 12.1 Å². The van der Waals surface area contributed by atoms with E-state index in [2.05, 4.69) is 13.8 Å². The third-order valence-corrected chi connectivity index (χ3v) is 3.63. The third-order valence-electron chi connectivity index (χ3n) is 3.63. The fourth-order valence-electron chi connectivity index (χ4n) is 2.76. The van der Waals surface area contributed by atoms with Crippen LogP contribution in [0.5, 0.6) is 11.5 Å². The summed E-state index contributed by atoms with van der Waals surface area (Å²) >= 11 is 0. The van der Waals surface area contributed by atoms with Crippen molar-refractivity contribution in [2.24, 2.45) is 5.92 Å². The van der Waals surface area contributed by atoms with E-state index in [9.17, 15) is 4.79 Å². The Labute approximate surface area is 108 Å². The monoisotopic (exact) mass is 248 g/mol. The van der Waals surface area contributed by atoms with E-state index in [1.54, 1.807) is 14.2 Å². The number of aryl methyl sites for hydroxylation is 1. The van der Waals surface area contributed by atoms with Crippen LogP contribution in [0.25, 0.3) is 0 Å². The van der Waals surface area contributed by atoms with Crippen LogP contribution in [-0.2, 0) is 11.2 Å².